The van der Waals surface area contributed by atoms with Crippen LogP contribution in [-0.2, 0) is 0 Å². The van der Waals surface area contributed by atoms with E-state index in [1.54, 1.807) is 0 Å². The van der Waals surface area contributed by atoms with Gasteiger partial charge in [0, 0.05) is 11.1 Å². The number of benzene rings is 1. The third kappa shape index (κ3) is 2.40. The van der Waals surface area contributed by atoms with E-state index in [2.05, 4.69) is 15.3 Å². The molecule has 1 aliphatic heterocycles. The van der Waals surface area contributed by atoms with Gasteiger partial charge in [-0.2, -0.15) is 0 Å². The Kier molecular flexibility index (Phi) is 3.30. The van der Waals surface area contributed by atoms with Gasteiger partial charge in [-0.3, -0.25) is 0 Å². The van der Waals surface area contributed by atoms with Crippen LogP contribution < -0.4 is 10.1 Å². The molecule has 1 aromatic heterocycles. The summed E-state index contributed by atoms with van der Waals surface area (Å²) in [6.45, 7) is 1.71. The minimum Gasteiger partial charge on any atom is -0.475 e. The van der Waals surface area contributed by atoms with Crippen molar-refractivity contribution in [3.05, 3.63) is 29.5 Å². The lowest BCUT2D eigenvalue weighted by molar-refractivity contribution is 0.270. The van der Waals surface area contributed by atoms with Gasteiger partial charge in [-0.05, 0) is 37.6 Å². The Morgan fingerprint density at radius 3 is 3.17 bits per heavy atom. The number of aromatic nitrogens is 2. The normalized spacial score (nSPS) is 19.3. The third-order valence-electron chi connectivity index (χ3n) is 3.14. The molecular formula is C13H14ClN3O. The van der Waals surface area contributed by atoms with E-state index in [0.717, 1.165) is 23.9 Å². The number of rotatable bonds is 3. The highest BCUT2D eigenvalue weighted by atomic mass is 35.5. The fraction of sp³-hybridized carbons (Fsp3) is 0.385. The lowest BCUT2D eigenvalue weighted by Gasteiger charge is -2.12. The van der Waals surface area contributed by atoms with Crippen molar-refractivity contribution in [3.63, 3.8) is 0 Å². The smallest absolute Gasteiger partial charge is 0.224 e. The number of nitrogens with zero attached hydrogens (tertiary/aromatic N) is 2. The van der Waals surface area contributed by atoms with Gasteiger partial charge in [0.05, 0.1) is 10.9 Å². The highest BCUT2D eigenvalue weighted by Crippen LogP contribution is 2.24. The van der Waals surface area contributed by atoms with Crippen molar-refractivity contribution in [3.8, 4) is 5.88 Å². The van der Waals surface area contributed by atoms with Crippen LogP contribution in [0.15, 0.2) is 24.5 Å². The lowest BCUT2D eigenvalue weighted by atomic mass is 10.2. The second kappa shape index (κ2) is 5.08. The maximum atomic E-state index is 5.99. The van der Waals surface area contributed by atoms with Gasteiger partial charge in [-0.15, -0.1) is 0 Å². The van der Waals surface area contributed by atoms with Crippen molar-refractivity contribution >= 4 is 22.5 Å². The first-order chi connectivity index (χ1) is 8.83. The minimum atomic E-state index is 0.425. The minimum absolute atomic E-state index is 0.425. The van der Waals surface area contributed by atoms with Crippen LogP contribution >= 0.6 is 11.6 Å². The molecule has 1 atom stereocenters. The molecule has 2 heterocycles. The van der Waals surface area contributed by atoms with Crippen molar-refractivity contribution in [1.29, 1.82) is 0 Å². The Labute approximate surface area is 110 Å². The number of hydrogen-bond acceptors (Lipinski definition) is 4. The van der Waals surface area contributed by atoms with E-state index >= 15 is 0 Å². The van der Waals surface area contributed by atoms with Crippen LogP contribution in [0.25, 0.3) is 10.9 Å². The van der Waals surface area contributed by atoms with Gasteiger partial charge in [0.15, 0.2) is 0 Å². The molecule has 1 fully saturated rings. The molecule has 18 heavy (non-hydrogen) atoms. The van der Waals surface area contributed by atoms with E-state index in [1.165, 1.54) is 12.7 Å². The van der Waals surface area contributed by atoms with Gasteiger partial charge in [0.25, 0.3) is 0 Å². The van der Waals surface area contributed by atoms with Crippen LogP contribution in [0.1, 0.15) is 12.8 Å². The standard InChI is InChI=1S/C13H14ClN3O/c14-9-3-4-12-11(6-9)13(17-8-16-12)18-7-10-2-1-5-15-10/h3-4,6,8,10,15H,1-2,5,7H2. The molecule has 0 saturated carbocycles. The van der Waals surface area contributed by atoms with Gasteiger partial charge in [-0.1, -0.05) is 11.6 Å². The number of nitrogens with one attached hydrogen (secondary N) is 1. The number of halogens is 1. The highest BCUT2D eigenvalue weighted by molar-refractivity contribution is 6.31. The van der Waals surface area contributed by atoms with Gasteiger partial charge in [0.2, 0.25) is 5.88 Å². The van der Waals surface area contributed by atoms with Crippen LogP contribution in [0.5, 0.6) is 5.88 Å². The molecule has 3 rings (SSSR count). The monoisotopic (exact) mass is 263 g/mol. The van der Waals surface area contributed by atoms with E-state index in [0.29, 0.717) is 23.6 Å². The topological polar surface area (TPSA) is 47.0 Å². The lowest BCUT2D eigenvalue weighted by Crippen LogP contribution is -2.28. The first-order valence-corrected chi connectivity index (χ1v) is 6.47. The van der Waals surface area contributed by atoms with Crippen LogP contribution in [0.4, 0.5) is 0 Å². The molecule has 1 aliphatic rings. The molecule has 1 aromatic carbocycles. The molecule has 0 amide bonds. The molecule has 0 aliphatic carbocycles. The zero-order valence-corrected chi connectivity index (χ0v) is 10.7. The predicted molar refractivity (Wildman–Crippen MR) is 71.1 cm³/mol. The number of ether oxygens (including phenoxy) is 1. The molecule has 1 saturated heterocycles. The average Bonchev–Trinajstić information content (AvgIpc) is 2.89. The molecular weight excluding hydrogens is 250 g/mol. The summed E-state index contributed by atoms with van der Waals surface area (Å²) >= 11 is 5.99. The Bertz CT molecular complexity index is 555. The van der Waals surface area contributed by atoms with Crippen LogP contribution in [0.2, 0.25) is 5.02 Å². The van der Waals surface area contributed by atoms with Crippen LogP contribution in [0.3, 0.4) is 0 Å². The van der Waals surface area contributed by atoms with Gasteiger partial charge >= 0.3 is 0 Å². The summed E-state index contributed by atoms with van der Waals surface area (Å²) in [5.74, 6) is 0.608. The first kappa shape index (κ1) is 11.7. The Hall–Kier alpha value is -1.39. The molecule has 4 nitrogen and oxygen atoms in total. The summed E-state index contributed by atoms with van der Waals surface area (Å²) in [7, 11) is 0. The van der Waals surface area contributed by atoms with Gasteiger partial charge in [-0.25, -0.2) is 9.97 Å². The van der Waals surface area contributed by atoms with E-state index in [9.17, 15) is 0 Å². The predicted octanol–water partition coefficient (Wildman–Crippen LogP) is 2.41. The second-order valence-corrected chi connectivity index (χ2v) is 4.88. The average molecular weight is 264 g/mol. The molecule has 1 unspecified atom stereocenters. The molecule has 0 spiro atoms. The summed E-state index contributed by atoms with van der Waals surface area (Å²) in [6, 6.07) is 5.96. The Morgan fingerprint density at radius 1 is 1.39 bits per heavy atom. The van der Waals surface area contributed by atoms with Crippen molar-refractivity contribution in [1.82, 2.24) is 15.3 Å². The number of hydrogen-bond donors (Lipinski definition) is 1. The molecule has 0 radical (unpaired) electrons. The summed E-state index contributed by atoms with van der Waals surface area (Å²) in [5.41, 5.74) is 0.851. The fourth-order valence-electron chi connectivity index (χ4n) is 2.20. The zero-order valence-electron chi connectivity index (χ0n) is 9.90. The van der Waals surface area contributed by atoms with Crippen molar-refractivity contribution < 1.29 is 4.74 Å². The summed E-state index contributed by atoms with van der Waals surface area (Å²) in [4.78, 5) is 8.39. The summed E-state index contributed by atoms with van der Waals surface area (Å²) in [5, 5.41) is 4.92. The maximum absolute atomic E-state index is 5.99. The quantitative estimate of drug-likeness (QED) is 0.924. The van der Waals surface area contributed by atoms with Crippen LogP contribution in [-0.4, -0.2) is 29.2 Å². The highest BCUT2D eigenvalue weighted by Gasteiger charge is 2.15. The van der Waals surface area contributed by atoms with Gasteiger partial charge in [0.1, 0.15) is 12.9 Å². The molecule has 0 bridgehead atoms. The summed E-state index contributed by atoms with van der Waals surface area (Å²) < 4.78 is 5.79. The van der Waals surface area contributed by atoms with E-state index < -0.39 is 0 Å². The Balaban J connectivity index is 1.84. The van der Waals surface area contributed by atoms with Crippen molar-refractivity contribution in [2.75, 3.05) is 13.2 Å². The Morgan fingerprint density at radius 2 is 2.33 bits per heavy atom. The first-order valence-electron chi connectivity index (χ1n) is 6.09. The molecule has 1 N–H and O–H groups in total. The molecule has 5 heteroatoms. The SMILES string of the molecule is Clc1ccc2ncnc(OCC3CCCN3)c2c1. The fourth-order valence-corrected chi connectivity index (χ4v) is 2.37. The van der Waals surface area contributed by atoms with Crippen LogP contribution in [0, 0.1) is 0 Å². The summed E-state index contributed by atoms with van der Waals surface area (Å²) in [6.07, 6.45) is 3.89. The van der Waals surface area contributed by atoms with E-state index in [4.69, 9.17) is 16.3 Å². The molecule has 94 valence electrons. The number of fused-ring (bicyclic) bond motifs is 1. The second-order valence-electron chi connectivity index (χ2n) is 4.44. The van der Waals surface area contributed by atoms with E-state index in [-0.39, 0.29) is 0 Å². The van der Waals surface area contributed by atoms with Crippen molar-refractivity contribution in [2.45, 2.75) is 18.9 Å². The third-order valence-corrected chi connectivity index (χ3v) is 3.38. The largest absolute Gasteiger partial charge is 0.475 e. The van der Waals surface area contributed by atoms with E-state index in [1.807, 2.05) is 18.2 Å². The maximum Gasteiger partial charge on any atom is 0.224 e. The molecule has 2 aromatic rings. The van der Waals surface area contributed by atoms with Crippen molar-refractivity contribution in [2.24, 2.45) is 0 Å². The zero-order chi connectivity index (χ0) is 12.4. The van der Waals surface area contributed by atoms with Gasteiger partial charge < -0.3 is 10.1 Å².